The van der Waals surface area contributed by atoms with Gasteiger partial charge in [-0.3, -0.25) is 4.98 Å². The van der Waals surface area contributed by atoms with Crippen molar-refractivity contribution < 1.29 is 14.3 Å². The number of hydrogen-bond acceptors (Lipinski definition) is 3. The minimum absolute atomic E-state index is 0.210. The van der Waals surface area contributed by atoms with E-state index >= 15 is 0 Å². The monoisotopic (exact) mass is 345 g/mol. The number of amides is 2. The predicted octanol–water partition coefficient (Wildman–Crippen LogP) is 4.00. The van der Waals surface area contributed by atoms with Gasteiger partial charge in [-0.05, 0) is 42.7 Å². The SMILES string of the molecule is CCCCN(Cc1cccnc1)C(=O)N[C@@H](C)c1ccc(O)c(F)c1. The molecule has 0 saturated heterocycles. The van der Waals surface area contributed by atoms with Crippen LogP contribution in [0.2, 0.25) is 0 Å². The van der Waals surface area contributed by atoms with Crippen LogP contribution in [0.5, 0.6) is 5.75 Å². The number of rotatable bonds is 7. The molecular weight excluding hydrogens is 321 g/mol. The van der Waals surface area contributed by atoms with Crippen molar-refractivity contribution in [3.05, 3.63) is 59.7 Å². The highest BCUT2D eigenvalue weighted by Gasteiger charge is 2.17. The van der Waals surface area contributed by atoms with Crippen LogP contribution in [0.4, 0.5) is 9.18 Å². The van der Waals surface area contributed by atoms with E-state index in [1.165, 1.54) is 12.1 Å². The Kier molecular flexibility index (Phi) is 6.74. The van der Waals surface area contributed by atoms with Gasteiger partial charge < -0.3 is 15.3 Å². The van der Waals surface area contributed by atoms with E-state index in [1.807, 2.05) is 12.1 Å². The van der Waals surface area contributed by atoms with Crippen molar-refractivity contribution >= 4 is 6.03 Å². The molecule has 2 amide bonds. The van der Waals surface area contributed by atoms with Crippen LogP contribution in [0.1, 0.15) is 43.9 Å². The second kappa shape index (κ2) is 9.01. The van der Waals surface area contributed by atoms with Crippen LogP contribution in [-0.4, -0.2) is 27.6 Å². The minimum atomic E-state index is -0.697. The summed E-state index contributed by atoms with van der Waals surface area (Å²) in [6, 6.07) is 7.31. The first-order chi connectivity index (χ1) is 12.0. The number of aromatic hydroxyl groups is 1. The Hall–Kier alpha value is -2.63. The fraction of sp³-hybridized carbons (Fsp3) is 0.368. The molecule has 0 aliphatic carbocycles. The van der Waals surface area contributed by atoms with E-state index in [0.717, 1.165) is 18.4 Å². The zero-order valence-electron chi connectivity index (χ0n) is 14.6. The summed E-state index contributed by atoms with van der Waals surface area (Å²) in [6.45, 7) is 4.96. The predicted molar refractivity (Wildman–Crippen MR) is 94.6 cm³/mol. The second-order valence-electron chi connectivity index (χ2n) is 6.02. The van der Waals surface area contributed by atoms with Crippen LogP contribution in [0.15, 0.2) is 42.7 Å². The van der Waals surface area contributed by atoms with Gasteiger partial charge in [0.05, 0.1) is 6.04 Å². The summed E-state index contributed by atoms with van der Waals surface area (Å²) in [7, 11) is 0. The maximum Gasteiger partial charge on any atom is 0.318 e. The quantitative estimate of drug-likeness (QED) is 0.797. The van der Waals surface area contributed by atoms with E-state index in [1.54, 1.807) is 30.3 Å². The van der Waals surface area contributed by atoms with Gasteiger partial charge in [0, 0.05) is 25.5 Å². The molecule has 5 nitrogen and oxygen atoms in total. The molecule has 0 fully saturated rings. The highest BCUT2D eigenvalue weighted by Crippen LogP contribution is 2.21. The molecule has 0 unspecified atom stereocenters. The van der Waals surface area contributed by atoms with Crippen molar-refractivity contribution in [2.75, 3.05) is 6.54 Å². The smallest absolute Gasteiger partial charge is 0.318 e. The lowest BCUT2D eigenvalue weighted by molar-refractivity contribution is 0.191. The molecule has 2 N–H and O–H groups in total. The molecule has 0 aliphatic rings. The highest BCUT2D eigenvalue weighted by atomic mass is 19.1. The van der Waals surface area contributed by atoms with Gasteiger partial charge in [0.15, 0.2) is 11.6 Å². The molecule has 25 heavy (non-hydrogen) atoms. The maximum absolute atomic E-state index is 13.5. The first-order valence-electron chi connectivity index (χ1n) is 8.44. The summed E-state index contributed by atoms with van der Waals surface area (Å²) in [5.74, 6) is -1.10. The molecule has 0 spiro atoms. The van der Waals surface area contributed by atoms with E-state index in [2.05, 4.69) is 17.2 Å². The summed E-state index contributed by atoms with van der Waals surface area (Å²) < 4.78 is 13.5. The van der Waals surface area contributed by atoms with E-state index in [4.69, 9.17) is 0 Å². The Bertz CT molecular complexity index is 694. The van der Waals surface area contributed by atoms with Gasteiger partial charge in [0.2, 0.25) is 0 Å². The number of urea groups is 1. The Morgan fingerprint density at radius 3 is 2.84 bits per heavy atom. The Morgan fingerprint density at radius 2 is 2.20 bits per heavy atom. The molecule has 1 aromatic carbocycles. The Balaban J connectivity index is 2.05. The topological polar surface area (TPSA) is 65.5 Å². The third-order valence-corrected chi connectivity index (χ3v) is 3.98. The average molecular weight is 345 g/mol. The lowest BCUT2D eigenvalue weighted by atomic mass is 10.1. The standard InChI is InChI=1S/C19H24FN3O2/c1-3-4-10-23(13-15-6-5-9-21-12-15)19(25)22-14(2)16-7-8-18(24)17(20)11-16/h5-9,11-12,14,24H,3-4,10,13H2,1-2H3,(H,22,25)/t14-/m0/s1. The van der Waals surface area contributed by atoms with Crippen molar-refractivity contribution in [2.24, 2.45) is 0 Å². The van der Waals surface area contributed by atoms with E-state index in [-0.39, 0.29) is 12.1 Å². The van der Waals surface area contributed by atoms with E-state index in [0.29, 0.717) is 18.7 Å². The largest absolute Gasteiger partial charge is 0.505 e. The van der Waals surface area contributed by atoms with Crippen LogP contribution in [0, 0.1) is 5.82 Å². The molecule has 2 rings (SSSR count). The van der Waals surface area contributed by atoms with Gasteiger partial charge >= 0.3 is 6.03 Å². The van der Waals surface area contributed by atoms with Gasteiger partial charge in [0.1, 0.15) is 0 Å². The van der Waals surface area contributed by atoms with Gasteiger partial charge in [-0.1, -0.05) is 25.5 Å². The van der Waals surface area contributed by atoms with Gasteiger partial charge in [-0.25, -0.2) is 9.18 Å². The molecule has 1 heterocycles. The number of halogens is 1. The highest BCUT2D eigenvalue weighted by molar-refractivity contribution is 5.74. The number of nitrogens with zero attached hydrogens (tertiary/aromatic N) is 2. The van der Waals surface area contributed by atoms with Gasteiger partial charge in [-0.15, -0.1) is 0 Å². The molecule has 134 valence electrons. The zero-order valence-corrected chi connectivity index (χ0v) is 14.6. The van der Waals surface area contributed by atoms with E-state index < -0.39 is 11.6 Å². The lowest BCUT2D eigenvalue weighted by Crippen LogP contribution is -2.41. The zero-order chi connectivity index (χ0) is 18.2. The first kappa shape index (κ1) is 18.7. The van der Waals surface area contributed by atoms with Crippen molar-refractivity contribution in [1.82, 2.24) is 15.2 Å². The summed E-state index contributed by atoms with van der Waals surface area (Å²) in [5.41, 5.74) is 1.55. The molecule has 0 aliphatic heterocycles. The third-order valence-electron chi connectivity index (χ3n) is 3.98. The summed E-state index contributed by atoms with van der Waals surface area (Å²) in [5, 5.41) is 12.2. The normalized spacial score (nSPS) is 11.8. The number of hydrogen-bond donors (Lipinski definition) is 2. The average Bonchev–Trinajstić information content (AvgIpc) is 2.61. The molecule has 2 aromatic rings. The van der Waals surface area contributed by atoms with Crippen LogP contribution in [0.3, 0.4) is 0 Å². The number of carbonyl (C=O) groups is 1. The van der Waals surface area contributed by atoms with Crippen molar-refractivity contribution in [2.45, 2.75) is 39.3 Å². The second-order valence-corrected chi connectivity index (χ2v) is 6.02. The summed E-state index contributed by atoms with van der Waals surface area (Å²) >= 11 is 0. The number of unbranched alkanes of at least 4 members (excludes halogenated alkanes) is 1. The first-order valence-corrected chi connectivity index (χ1v) is 8.44. The van der Waals surface area contributed by atoms with Crippen LogP contribution in [0.25, 0.3) is 0 Å². The molecular formula is C19H24FN3O2. The summed E-state index contributed by atoms with van der Waals surface area (Å²) in [6.07, 6.45) is 5.32. The van der Waals surface area contributed by atoms with Gasteiger partial charge in [-0.2, -0.15) is 0 Å². The number of phenolic OH excluding ortho intramolecular Hbond substituents is 1. The molecule has 0 bridgehead atoms. The van der Waals surface area contributed by atoms with Crippen molar-refractivity contribution in [3.63, 3.8) is 0 Å². The fourth-order valence-corrected chi connectivity index (χ4v) is 2.47. The lowest BCUT2D eigenvalue weighted by Gasteiger charge is -2.25. The molecule has 1 aromatic heterocycles. The number of carbonyl (C=O) groups excluding carboxylic acids is 1. The molecule has 6 heteroatoms. The fourth-order valence-electron chi connectivity index (χ4n) is 2.47. The number of nitrogens with one attached hydrogen (secondary N) is 1. The molecule has 0 saturated carbocycles. The Morgan fingerprint density at radius 1 is 1.40 bits per heavy atom. The van der Waals surface area contributed by atoms with Crippen molar-refractivity contribution in [3.8, 4) is 5.75 Å². The molecule has 1 atom stereocenters. The summed E-state index contributed by atoms with van der Waals surface area (Å²) in [4.78, 5) is 18.5. The van der Waals surface area contributed by atoms with Gasteiger partial charge in [0.25, 0.3) is 0 Å². The third kappa shape index (κ3) is 5.45. The number of aromatic nitrogens is 1. The number of benzene rings is 1. The number of pyridine rings is 1. The van der Waals surface area contributed by atoms with Crippen LogP contribution in [-0.2, 0) is 6.54 Å². The Labute approximate surface area is 147 Å². The molecule has 0 radical (unpaired) electrons. The maximum atomic E-state index is 13.5. The minimum Gasteiger partial charge on any atom is -0.505 e. The van der Waals surface area contributed by atoms with Crippen LogP contribution >= 0.6 is 0 Å². The number of phenols is 1. The van der Waals surface area contributed by atoms with Crippen molar-refractivity contribution in [1.29, 1.82) is 0 Å². The van der Waals surface area contributed by atoms with Crippen LogP contribution < -0.4 is 5.32 Å². The van der Waals surface area contributed by atoms with E-state index in [9.17, 15) is 14.3 Å².